The minimum Gasteiger partial charge on any atom is -0.338 e. The van der Waals surface area contributed by atoms with Gasteiger partial charge in [-0.2, -0.15) is 0 Å². The number of hydrogen-bond donors (Lipinski definition) is 0. The van der Waals surface area contributed by atoms with Crippen molar-refractivity contribution < 1.29 is 0 Å². The molecular weight excluding hydrogens is 1040 g/mol. The fraction of sp³-hybridized carbons (Fsp3) is 0.122. The largest absolute Gasteiger partial charge is 0.338 e. The van der Waals surface area contributed by atoms with Crippen molar-refractivity contribution in [2.45, 2.75) is 60.8 Å². The van der Waals surface area contributed by atoms with Gasteiger partial charge in [-0.1, -0.05) is 185 Å². The number of fused-ring (bicyclic) bond motifs is 7. The molecular formula is C82H72N4. The van der Waals surface area contributed by atoms with Crippen LogP contribution in [0.2, 0.25) is 0 Å². The molecule has 86 heavy (non-hydrogen) atoms. The van der Waals surface area contributed by atoms with Crippen molar-refractivity contribution in [1.82, 2.24) is 0 Å². The average molecular weight is 1110 g/mol. The molecule has 0 atom stereocenters. The second-order valence-electron chi connectivity index (χ2n) is 23.7. The Kier molecular flexibility index (Phi) is 14.6. The molecule has 0 saturated carbocycles. The summed E-state index contributed by atoms with van der Waals surface area (Å²) in [7, 11) is 0. The lowest BCUT2D eigenvalue weighted by Gasteiger charge is -2.35. The Morgan fingerprint density at radius 2 is 0.523 bits per heavy atom. The van der Waals surface area contributed by atoms with Crippen LogP contribution in [0.25, 0.3) is 16.7 Å². The van der Waals surface area contributed by atoms with Crippen LogP contribution in [0.5, 0.6) is 0 Å². The van der Waals surface area contributed by atoms with Crippen molar-refractivity contribution in [3.63, 3.8) is 0 Å². The van der Waals surface area contributed by atoms with E-state index in [1.54, 1.807) is 0 Å². The standard InChI is InChI=1S/C82H72N4/c1-10-78-74(12-11-51-83(63-29-13-55(2)14-30-63)64-31-15-56(3)16-32-64)75-48-45-71(84(65-33-17-57(4)18-34-65)66-35-19-58(5)20-36-66)52-79(75)82(78)80-53-72(85(67-37-21-59(6)22-38-67)68-39-23-60(7)24-40-68)46-49-76(80)77-50-47-73(54-81(77)82)86(69-41-25-61(8)26-42-69)70-43-27-62(9)28-44-70/h10-50,52-54H,1,51H2,2-9H3/b12-11-. The smallest absolute Gasteiger partial charge is 0.0727 e. The molecule has 4 nitrogen and oxygen atoms in total. The monoisotopic (exact) mass is 1110 g/mol. The van der Waals surface area contributed by atoms with E-state index in [0.717, 1.165) is 73.7 Å². The Labute approximate surface area is 509 Å². The Morgan fingerprint density at radius 3 is 0.791 bits per heavy atom. The number of allylic oxidation sites excluding steroid dienone is 4. The predicted molar refractivity (Wildman–Crippen MR) is 366 cm³/mol. The van der Waals surface area contributed by atoms with Gasteiger partial charge in [-0.15, -0.1) is 0 Å². The zero-order valence-corrected chi connectivity index (χ0v) is 50.6. The summed E-state index contributed by atoms with van der Waals surface area (Å²) in [5.74, 6) is 0. The Balaban J connectivity index is 1.11. The zero-order valence-electron chi connectivity index (χ0n) is 50.6. The number of hydrogen-bond acceptors (Lipinski definition) is 4. The van der Waals surface area contributed by atoms with E-state index < -0.39 is 5.41 Å². The van der Waals surface area contributed by atoms with Gasteiger partial charge < -0.3 is 19.6 Å². The molecule has 11 aromatic carbocycles. The third kappa shape index (κ3) is 10.1. The van der Waals surface area contributed by atoms with Gasteiger partial charge in [0.2, 0.25) is 0 Å². The van der Waals surface area contributed by atoms with Gasteiger partial charge in [0.1, 0.15) is 0 Å². The fourth-order valence-corrected chi connectivity index (χ4v) is 12.9. The molecule has 0 aliphatic heterocycles. The van der Waals surface area contributed by atoms with Crippen molar-refractivity contribution >= 4 is 68.1 Å². The maximum absolute atomic E-state index is 4.87. The van der Waals surface area contributed by atoms with Crippen LogP contribution < -0.4 is 19.6 Å². The molecule has 0 fully saturated rings. The quantitative estimate of drug-likeness (QED) is 0.101. The van der Waals surface area contributed by atoms with E-state index in [1.165, 1.54) is 77.9 Å². The van der Waals surface area contributed by atoms with Crippen LogP contribution in [0.15, 0.2) is 279 Å². The maximum Gasteiger partial charge on any atom is 0.0727 e. The average Bonchev–Trinajstić information content (AvgIpc) is 1.52. The van der Waals surface area contributed by atoms with Crippen LogP contribution in [-0.4, -0.2) is 6.54 Å². The molecule has 11 aromatic rings. The molecule has 2 aliphatic rings. The highest BCUT2D eigenvalue weighted by atomic mass is 15.2. The first-order valence-electron chi connectivity index (χ1n) is 30.0. The number of benzene rings is 11. The SMILES string of the molecule is C=CC1=C(/C=C\CN(c2ccc(C)cc2)c2ccc(C)cc2)c2ccc(N(c3ccc(C)cc3)c3ccc(C)cc3)cc2C12c1cc(N(c3ccc(C)cc3)c3ccc(C)cc3)ccc1-c1ccc(N(c3ccc(C)cc3)c3ccc(C)cc3)cc12. The van der Waals surface area contributed by atoms with Crippen molar-refractivity contribution in [2.24, 2.45) is 0 Å². The van der Waals surface area contributed by atoms with Crippen LogP contribution in [0.3, 0.4) is 0 Å². The van der Waals surface area contributed by atoms with Crippen molar-refractivity contribution in [1.29, 1.82) is 0 Å². The van der Waals surface area contributed by atoms with E-state index >= 15 is 0 Å². The van der Waals surface area contributed by atoms with E-state index in [9.17, 15) is 0 Å². The molecule has 0 saturated heterocycles. The zero-order chi connectivity index (χ0) is 59.2. The van der Waals surface area contributed by atoms with Crippen LogP contribution >= 0.6 is 0 Å². The lowest BCUT2D eigenvalue weighted by molar-refractivity contribution is 0.786. The molecule has 0 amide bonds. The Bertz CT molecular complexity index is 4030. The van der Waals surface area contributed by atoms with Crippen LogP contribution in [0.4, 0.5) is 62.6 Å². The minimum absolute atomic E-state index is 0.640. The molecule has 0 radical (unpaired) electrons. The first-order valence-corrected chi connectivity index (χ1v) is 30.0. The van der Waals surface area contributed by atoms with E-state index in [-0.39, 0.29) is 0 Å². The second kappa shape index (κ2) is 22.8. The van der Waals surface area contributed by atoms with Crippen LogP contribution in [0, 0.1) is 55.4 Å². The van der Waals surface area contributed by atoms with Gasteiger partial charge in [0.25, 0.3) is 0 Å². The summed E-state index contributed by atoms with van der Waals surface area (Å²) in [4.78, 5) is 9.67. The molecule has 2 aliphatic carbocycles. The van der Waals surface area contributed by atoms with Gasteiger partial charge in [0, 0.05) is 69.1 Å². The summed E-state index contributed by atoms with van der Waals surface area (Å²) in [6, 6.07) is 93.0. The third-order valence-electron chi connectivity index (χ3n) is 17.5. The molecule has 0 unspecified atom stereocenters. The Morgan fingerprint density at radius 1 is 0.291 bits per heavy atom. The summed E-state index contributed by atoms with van der Waals surface area (Å²) in [6.45, 7) is 22.8. The van der Waals surface area contributed by atoms with Gasteiger partial charge in [0.15, 0.2) is 0 Å². The van der Waals surface area contributed by atoms with Gasteiger partial charge >= 0.3 is 0 Å². The first-order chi connectivity index (χ1) is 41.8. The molecule has 0 bridgehead atoms. The van der Waals surface area contributed by atoms with Crippen LogP contribution in [0.1, 0.15) is 66.8 Å². The van der Waals surface area contributed by atoms with Crippen molar-refractivity contribution in [3.8, 4) is 11.1 Å². The number of nitrogens with zero attached hydrogens (tertiary/aromatic N) is 4. The van der Waals surface area contributed by atoms with E-state index in [1.807, 2.05) is 0 Å². The predicted octanol–water partition coefficient (Wildman–Crippen LogP) is 22.2. The molecule has 1 spiro atoms. The third-order valence-corrected chi connectivity index (χ3v) is 17.5. The topological polar surface area (TPSA) is 13.0 Å². The van der Waals surface area contributed by atoms with Gasteiger partial charge in [-0.3, -0.25) is 0 Å². The summed E-state index contributed by atoms with van der Waals surface area (Å²) < 4.78 is 0. The highest BCUT2D eigenvalue weighted by Gasteiger charge is 2.53. The van der Waals surface area contributed by atoms with E-state index in [2.05, 4.69) is 342 Å². The molecule has 420 valence electrons. The minimum atomic E-state index is -0.859. The van der Waals surface area contributed by atoms with Gasteiger partial charge in [-0.05, 0) is 233 Å². The van der Waals surface area contributed by atoms with Gasteiger partial charge in [0.05, 0.1) is 5.41 Å². The number of anilines is 11. The lowest BCUT2D eigenvalue weighted by atomic mass is 9.69. The first kappa shape index (κ1) is 55.1. The fourth-order valence-electron chi connectivity index (χ4n) is 12.9. The summed E-state index contributed by atoms with van der Waals surface area (Å²) in [6.07, 6.45) is 6.91. The Hall–Kier alpha value is -10.2. The molecule has 13 rings (SSSR count). The maximum atomic E-state index is 4.87. The van der Waals surface area contributed by atoms with E-state index in [4.69, 9.17) is 6.58 Å². The van der Waals surface area contributed by atoms with Crippen molar-refractivity contribution in [3.05, 3.63) is 346 Å². The van der Waals surface area contributed by atoms with E-state index in [0.29, 0.717) is 6.54 Å². The highest BCUT2D eigenvalue weighted by Crippen LogP contribution is 2.64. The summed E-state index contributed by atoms with van der Waals surface area (Å²) >= 11 is 0. The second-order valence-corrected chi connectivity index (χ2v) is 23.7. The normalized spacial score (nSPS) is 12.7. The van der Waals surface area contributed by atoms with Gasteiger partial charge in [-0.25, -0.2) is 0 Å². The van der Waals surface area contributed by atoms with Crippen LogP contribution in [-0.2, 0) is 5.41 Å². The lowest BCUT2D eigenvalue weighted by Crippen LogP contribution is -2.28. The molecule has 4 heteroatoms. The summed E-state index contributed by atoms with van der Waals surface area (Å²) in [5, 5.41) is 0. The molecule has 0 aromatic heterocycles. The number of aryl methyl sites for hydroxylation is 8. The highest BCUT2D eigenvalue weighted by molar-refractivity contribution is 6.01. The molecule has 0 heterocycles. The van der Waals surface area contributed by atoms with Crippen molar-refractivity contribution in [2.75, 3.05) is 26.1 Å². The molecule has 0 N–H and O–H groups in total. The summed E-state index contributed by atoms with van der Waals surface area (Å²) in [5.41, 5.74) is 30.4. The number of rotatable bonds is 15.